The standard InChI is InChI=1S/C17H26N2O4S/c1-4-19(14-9-10-24(21,22)12-14)17(20)11-18-15-7-5-6-8-16(15)23-13(2)3/h5-8,13-14,18H,4,9-12H2,1-3H3. The van der Waals surface area contributed by atoms with Gasteiger partial charge in [-0.05, 0) is 39.3 Å². The molecular formula is C17H26N2O4S. The Bertz CT molecular complexity index is 673. The van der Waals surface area contributed by atoms with Gasteiger partial charge in [-0.1, -0.05) is 12.1 Å². The molecule has 0 bridgehead atoms. The summed E-state index contributed by atoms with van der Waals surface area (Å²) in [4.78, 5) is 14.2. The van der Waals surface area contributed by atoms with Crippen molar-refractivity contribution in [1.82, 2.24) is 4.90 Å². The third-order valence-electron chi connectivity index (χ3n) is 3.99. The highest BCUT2D eigenvalue weighted by Gasteiger charge is 2.33. The first-order valence-corrected chi connectivity index (χ1v) is 10.1. The smallest absolute Gasteiger partial charge is 0.242 e. The maximum Gasteiger partial charge on any atom is 0.242 e. The lowest BCUT2D eigenvalue weighted by molar-refractivity contribution is -0.130. The fourth-order valence-electron chi connectivity index (χ4n) is 2.90. The van der Waals surface area contributed by atoms with Crippen molar-refractivity contribution in [2.45, 2.75) is 39.3 Å². The summed E-state index contributed by atoms with van der Waals surface area (Å²) in [6.07, 6.45) is 0.564. The van der Waals surface area contributed by atoms with Crippen molar-refractivity contribution in [2.24, 2.45) is 0 Å². The van der Waals surface area contributed by atoms with E-state index in [0.29, 0.717) is 18.7 Å². The van der Waals surface area contributed by atoms with Crippen molar-refractivity contribution in [3.8, 4) is 5.75 Å². The number of benzene rings is 1. The van der Waals surface area contributed by atoms with E-state index in [-0.39, 0.29) is 36.1 Å². The predicted octanol–water partition coefficient (Wildman–Crippen LogP) is 1.92. The zero-order valence-corrected chi connectivity index (χ0v) is 15.3. The molecule has 1 heterocycles. The maximum absolute atomic E-state index is 12.5. The Morgan fingerprint density at radius 1 is 1.38 bits per heavy atom. The first kappa shape index (κ1) is 18.6. The van der Waals surface area contributed by atoms with E-state index in [2.05, 4.69) is 5.32 Å². The van der Waals surface area contributed by atoms with Gasteiger partial charge in [-0.2, -0.15) is 0 Å². The topological polar surface area (TPSA) is 75.7 Å². The molecule has 1 saturated heterocycles. The largest absolute Gasteiger partial charge is 0.489 e. The number of nitrogens with one attached hydrogen (secondary N) is 1. The first-order chi connectivity index (χ1) is 11.3. The van der Waals surface area contributed by atoms with Gasteiger partial charge in [0.2, 0.25) is 5.91 Å². The van der Waals surface area contributed by atoms with E-state index in [1.54, 1.807) is 4.90 Å². The molecule has 1 atom stereocenters. The number of sulfone groups is 1. The number of hydrogen-bond acceptors (Lipinski definition) is 5. The van der Waals surface area contributed by atoms with Crippen LogP contribution in [0.5, 0.6) is 5.75 Å². The summed E-state index contributed by atoms with van der Waals surface area (Å²) in [6, 6.07) is 7.26. The Kier molecular flexibility index (Phi) is 6.10. The van der Waals surface area contributed by atoms with E-state index in [1.165, 1.54) is 0 Å². The van der Waals surface area contributed by atoms with Crippen LogP contribution in [0.4, 0.5) is 5.69 Å². The summed E-state index contributed by atoms with van der Waals surface area (Å²) in [5, 5.41) is 3.11. The Balaban J connectivity index is 1.99. The van der Waals surface area contributed by atoms with Gasteiger partial charge in [0.1, 0.15) is 5.75 Å². The van der Waals surface area contributed by atoms with Crippen LogP contribution >= 0.6 is 0 Å². The molecule has 0 aliphatic carbocycles. The molecule has 1 aromatic rings. The Morgan fingerprint density at radius 3 is 2.67 bits per heavy atom. The average Bonchev–Trinajstić information content (AvgIpc) is 2.86. The molecule has 0 aromatic heterocycles. The third-order valence-corrected chi connectivity index (χ3v) is 5.74. The summed E-state index contributed by atoms with van der Waals surface area (Å²) in [5.74, 6) is 0.838. The van der Waals surface area contributed by atoms with Crippen molar-refractivity contribution in [3.05, 3.63) is 24.3 Å². The summed E-state index contributed by atoms with van der Waals surface area (Å²) in [5.41, 5.74) is 0.759. The van der Waals surface area contributed by atoms with E-state index in [1.807, 2.05) is 45.0 Å². The second-order valence-corrected chi connectivity index (χ2v) is 8.48. The molecule has 1 fully saturated rings. The van der Waals surface area contributed by atoms with Gasteiger partial charge in [0.25, 0.3) is 0 Å². The molecule has 24 heavy (non-hydrogen) atoms. The molecule has 6 nitrogen and oxygen atoms in total. The normalized spacial score (nSPS) is 19.2. The molecule has 0 radical (unpaired) electrons. The minimum absolute atomic E-state index is 0.0412. The number of ether oxygens (including phenoxy) is 1. The van der Waals surface area contributed by atoms with Crippen LogP contribution in [0, 0.1) is 0 Å². The van der Waals surface area contributed by atoms with Crippen LogP contribution in [-0.4, -0.2) is 56.0 Å². The summed E-state index contributed by atoms with van der Waals surface area (Å²) in [7, 11) is -3.01. The first-order valence-electron chi connectivity index (χ1n) is 8.32. The van der Waals surface area contributed by atoms with Crippen LogP contribution < -0.4 is 10.1 Å². The molecule has 0 saturated carbocycles. The molecule has 1 N–H and O–H groups in total. The quantitative estimate of drug-likeness (QED) is 0.810. The highest BCUT2D eigenvalue weighted by Crippen LogP contribution is 2.25. The highest BCUT2D eigenvalue weighted by atomic mass is 32.2. The number of carbonyl (C=O) groups excluding carboxylic acids is 1. The average molecular weight is 354 g/mol. The highest BCUT2D eigenvalue weighted by molar-refractivity contribution is 7.91. The van der Waals surface area contributed by atoms with Crippen molar-refractivity contribution >= 4 is 21.4 Å². The molecule has 2 rings (SSSR count). The van der Waals surface area contributed by atoms with E-state index in [9.17, 15) is 13.2 Å². The van der Waals surface area contributed by atoms with E-state index >= 15 is 0 Å². The van der Waals surface area contributed by atoms with E-state index < -0.39 is 9.84 Å². The molecule has 1 aliphatic rings. The van der Waals surface area contributed by atoms with Gasteiger partial charge in [0.05, 0.1) is 29.8 Å². The van der Waals surface area contributed by atoms with E-state index in [0.717, 1.165) is 5.69 Å². The van der Waals surface area contributed by atoms with Crippen molar-refractivity contribution < 1.29 is 17.9 Å². The molecule has 1 amide bonds. The van der Waals surface area contributed by atoms with Gasteiger partial charge in [0, 0.05) is 12.6 Å². The number of carbonyl (C=O) groups is 1. The number of hydrogen-bond donors (Lipinski definition) is 1. The van der Waals surface area contributed by atoms with Gasteiger partial charge in [-0.3, -0.25) is 4.79 Å². The molecule has 1 aromatic carbocycles. The van der Waals surface area contributed by atoms with Crippen LogP contribution in [0.2, 0.25) is 0 Å². The summed E-state index contributed by atoms with van der Waals surface area (Å²) in [6.45, 7) is 6.38. The van der Waals surface area contributed by atoms with Gasteiger partial charge in [0.15, 0.2) is 9.84 Å². The molecule has 1 aliphatic heterocycles. The van der Waals surface area contributed by atoms with Gasteiger partial charge in [-0.15, -0.1) is 0 Å². The number of nitrogens with zero attached hydrogens (tertiary/aromatic N) is 1. The minimum Gasteiger partial charge on any atom is -0.489 e. The lowest BCUT2D eigenvalue weighted by Gasteiger charge is -2.27. The molecule has 0 spiro atoms. The zero-order valence-electron chi connectivity index (χ0n) is 14.5. The fourth-order valence-corrected chi connectivity index (χ4v) is 4.63. The number of likely N-dealkylation sites (N-methyl/N-ethyl adjacent to an activating group) is 1. The molecular weight excluding hydrogens is 328 g/mol. The van der Waals surface area contributed by atoms with E-state index in [4.69, 9.17) is 4.74 Å². The van der Waals surface area contributed by atoms with Crippen LogP contribution in [0.3, 0.4) is 0 Å². The number of para-hydroxylation sites is 2. The third kappa shape index (κ3) is 4.87. The van der Waals surface area contributed by atoms with Crippen molar-refractivity contribution in [1.29, 1.82) is 0 Å². The van der Waals surface area contributed by atoms with Crippen molar-refractivity contribution in [2.75, 3.05) is 29.9 Å². The lowest BCUT2D eigenvalue weighted by Crippen LogP contribution is -2.43. The van der Waals surface area contributed by atoms with Crippen molar-refractivity contribution in [3.63, 3.8) is 0 Å². The second-order valence-electron chi connectivity index (χ2n) is 6.25. The van der Waals surface area contributed by atoms with Crippen LogP contribution in [0.1, 0.15) is 27.2 Å². The van der Waals surface area contributed by atoms with Crippen LogP contribution in [0.15, 0.2) is 24.3 Å². The summed E-state index contributed by atoms with van der Waals surface area (Å²) >= 11 is 0. The Labute approximate surface area is 144 Å². The number of anilines is 1. The SMILES string of the molecule is CCN(C(=O)CNc1ccccc1OC(C)C)C1CCS(=O)(=O)C1. The fraction of sp³-hybridized carbons (Fsp3) is 0.588. The maximum atomic E-state index is 12.5. The second kappa shape index (κ2) is 7.88. The lowest BCUT2D eigenvalue weighted by atomic mass is 10.2. The van der Waals surface area contributed by atoms with Gasteiger partial charge in [-0.25, -0.2) is 8.42 Å². The number of amides is 1. The molecule has 7 heteroatoms. The summed E-state index contributed by atoms with van der Waals surface area (Å²) < 4.78 is 29.0. The Hall–Kier alpha value is -1.76. The van der Waals surface area contributed by atoms with Gasteiger partial charge < -0.3 is 15.0 Å². The number of rotatable bonds is 7. The zero-order chi connectivity index (χ0) is 17.7. The monoisotopic (exact) mass is 354 g/mol. The van der Waals surface area contributed by atoms with Crippen LogP contribution in [-0.2, 0) is 14.6 Å². The predicted molar refractivity (Wildman–Crippen MR) is 95.1 cm³/mol. The molecule has 1 unspecified atom stereocenters. The molecule has 134 valence electrons. The Morgan fingerprint density at radius 2 is 2.08 bits per heavy atom. The van der Waals surface area contributed by atoms with Gasteiger partial charge >= 0.3 is 0 Å². The minimum atomic E-state index is -3.01. The van der Waals surface area contributed by atoms with Crippen LogP contribution in [0.25, 0.3) is 0 Å².